The number of ether oxygens (including phenoxy) is 1. The molecule has 1 N–H and O–H groups in total. The van der Waals surface area contributed by atoms with Crippen molar-refractivity contribution >= 4 is 11.7 Å². The quantitative estimate of drug-likeness (QED) is 0.855. The highest BCUT2D eigenvalue weighted by Crippen LogP contribution is 2.30. The predicted octanol–water partition coefficient (Wildman–Crippen LogP) is 2.49. The Bertz CT molecular complexity index is 507. The van der Waals surface area contributed by atoms with E-state index in [1.807, 2.05) is 12.1 Å². The number of piperidine rings is 3. The van der Waals surface area contributed by atoms with Gasteiger partial charge in [-0.25, -0.2) is 4.79 Å². The SMILES string of the molecule is C=CNc1cccc(C(=O)OC2CN3CCC2CC3)c1. The Morgan fingerprint density at radius 3 is 2.85 bits per heavy atom. The van der Waals surface area contributed by atoms with Gasteiger partial charge in [-0.05, 0) is 56.2 Å². The first-order chi connectivity index (χ1) is 9.76. The first kappa shape index (κ1) is 13.2. The van der Waals surface area contributed by atoms with E-state index in [4.69, 9.17) is 4.74 Å². The summed E-state index contributed by atoms with van der Waals surface area (Å²) in [5, 5.41) is 2.98. The number of hydrogen-bond donors (Lipinski definition) is 1. The Labute approximate surface area is 119 Å². The normalized spacial score (nSPS) is 27.9. The zero-order valence-electron chi connectivity index (χ0n) is 11.5. The summed E-state index contributed by atoms with van der Waals surface area (Å²) in [6.45, 7) is 6.81. The van der Waals surface area contributed by atoms with Gasteiger partial charge in [-0.2, -0.15) is 0 Å². The Kier molecular flexibility index (Phi) is 3.74. The molecule has 1 aromatic carbocycles. The van der Waals surface area contributed by atoms with E-state index < -0.39 is 0 Å². The number of benzene rings is 1. The molecule has 2 bridgehead atoms. The molecule has 106 valence electrons. The lowest BCUT2D eigenvalue weighted by Crippen LogP contribution is -2.51. The smallest absolute Gasteiger partial charge is 0.338 e. The summed E-state index contributed by atoms with van der Waals surface area (Å²) in [4.78, 5) is 14.6. The Morgan fingerprint density at radius 1 is 1.40 bits per heavy atom. The molecule has 0 saturated carbocycles. The maximum atomic E-state index is 12.3. The molecule has 1 atom stereocenters. The highest BCUT2D eigenvalue weighted by molar-refractivity contribution is 5.90. The van der Waals surface area contributed by atoms with Crippen molar-refractivity contribution in [3.63, 3.8) is 0 Å². The monoisotopic (exact) mass is 272 g/mol. The van der Waals surface area contributed by atoms with Gasteiger partial charge in [0, 0.05) is 12.2 Å². The van der Waals surface area contributed by atoms with E-state index in [9.17, 15) is 4.79 Å². The van der Waals surface area contributed by atoms with E-state index >= 15 is 0 Å². The highest BCUT2D eigenvalue weighted by atomic mass is 16.5. The third-order valence-corrected chi connectivity index (χ3v) is 4.22. The minimum Gasteiger partial charge on any atom is -0.457 e. The van der Waals surface area contributed by atoms with Crippen LogP contribution in [0.2, 0.25) is 0 Å². The molecule has 20 heavy (non-hydrogen) atoms. The second-order valence-electron chi connectivity index (χ2n) is 5.51. The van der Waals surface area contributed by atoms with Crippen LogP contribution in [0.1, 0.15) is 23.2 Å². The average Bonchev–Trinajstić information content (AvgIpc) is 2.49. The van der Waals surface area contributed by atoms with Crippen molar-refractivity contribution in [1.29, 1.82) is 0 Å². The summed E-state index contributed by atoms with van der Waals surface area (Å²) in [7, 11) is 0. The fourth-order valence-electron chi connectivity index (χ4n) is 3.10. The van der Waals surface area contributed by atoms with Crippen molar-refractivity contribution < 1.29 is 9.53 Å². The van der Waals surface area contributed by atoms with Crippen molar-refractivity contribution in [2.24, 2.45) is 5.92 Å². The van der Waals surface area contributed by atoms with Crippen LogP contribution in [0.15, 0.2) is 37.0 Å². The first-order valence-electron chi connectivity index (χ1n) is 7.17. The van der Waals surface area contributed by atoms with Gasteiger partial charge in [-0.3, -0.25) is 4.90 Å². The largest absolute Gasteiger partial charge is 0.457 e. The lowest BCUT2D eigenvalue weighted by Gasteiger charge is -2.43. The highest BCUT2D eigenvalue weighted by Gasteiger charge is 2.36. The molecular weight excluding hydrogens is 252 g/mol. The molecule has 3 fully saturated rings. The van der Waals surface area contributed by atoms with Gasteiger partial charge in [-0.1, -0.05) is 12.6 Å². The number of carbonyl (C=O) groups excluding carboxylic acids is 1. The number of fused-ring (bicyclic) bond motifs is 3. The van der Waals surface area contributed by atoms with E-state index in [-0.39, 0.29) is 12.1 Å². The number of nitrogens with one attached hydrogen (secondary N) is 1. The summed E-state index contributed by atoms with van der Waals surface area (Å²) in [5.41, 5.74) is 1.44. The molecular formula is C16H20N2O2. The van der Waals surface area contributed by atoms with E-state index in [0.717, 1.165) is 38.2 Å². The molecule has 3 aliphatic rings. The maximum absolute atomic E-state index is 12.3. The number of rotatable bonds is 4. The Hall–Kier alpha value is -1.81. The lowest BCUT2D eigenvalue weighted by atomic mass is 9.86. The summed E-state index contributed by atoms with van der Waals surface area (Å²) >= 11 is 0. The summed E-state index contributed by atoms with van der Waals surface area (Å²) < 4.78 is 5.71. The zero-order chi connectivity index (χ0) is 13.9. The predicted molar refractivity (Wildman–Crippen MR) is 78.6 cm³/mol. The molecule has 3 saturated heterocycles. The number of hydrogen-bond acceptors (Lipinski definition) is 4. The number of anilines is 1. The molecule has 0 radical (unpaired) electrons. The van der Waals surface area contributed by atoms with Crippen LogP contribution in [0.25, 0.3) is 0 Å². The van der Waals surface area contributed by atoms with Crippen molar-refractivity contribution in [1.82, 2.24) is 4.90 Å². The van der Waals surface area contributed by atoms with Gasteiger partial charge in [0.25, 0.3) is 0 Å². The Balaban J connectivity index is 1.67. The molecule has 3 heterocycles. The van der Waals surface area contributed by atoms with Gasteiger partial charge in [0.05, 0.1) is 5.56 Å². The van der Waals surface area contributed by atoms with Crippen LogP contribution < -0.4 is 5.32 Å². The maximum Gasteiger partial charge on any atom is 0.338 e. The van der Waals surface area contributed by atoms with Crippen LogP contribution in [0.5, 0.6) is 0 Å². The summed E-state index contributed by atoms with van der Waals surface area (Å²) in [6.07, 6.45) is 3.95. The first-order valence-corrected chi connectivity index (χ1v) is 7.17. The van der Waals surface area contributed by atoms with Gasteiger partial charge in [0.15, 0.2) is 0 Å². The number of esters is 1. The minimum atomic E-state index is -0.225. The van der Waals surface area contributed by atoms with E-state index in [2.05, 4.69) is 16.8 Å². The average molecular weight is 272 g/mol. The number of carbonyl (C=O) groups is 1. The second-order valence-corrected chi connectivity index (χ2v) is 5.51. The van der Waals surface area contributed by atoms with Crippen molar-refractivity contribution in [2.45, 2.75) is 18.9 Å². The van der Waals surface area contributed by atoms with Gasteiger partial charge in [-0.15, -0.1) is 0 Å². The van der Waals surface area contributed by atoms with E-state index in [1.165, 1.54) is 0 Å². The van der Waals surface area contributed by atoms with Crippen LogP contribution in [-0.2, 0) is 4.74 Å². The molecule has 0 aliphatic carbocycles. The molecule has 4 nitrogen and oxygen atoms in total. The summed E-state index contributed by atoms with van der Waals surface area (Å²) in [5.74, 6) is 0.315. The van der Waals surface area contributed by atoms with E-state index in [1.54, 1.807) is 18.3 Å². The van der Waals surface area contributed by atoms with Gasteiger partial charge >= 0.3 is 5.97 Å². The molecule has 3 aliphatic heterocycles. The van der Waals surface area contributed by atoms with Gasteiger partial charge in [0.1, 0.15) is 6.10 Å². The van der Waals surface area contributed by atoms with Crippen LogP contribution in [0.4, 0.5) is 5.69 Å². The van der Waals surface area contributed by atoms with Gasteiger partial charge in [0.2, 0.25) is 0 Å². The van der Waals surface area contributed by atoms with Crippen LogP contribution >= 0.6 is 0 Å². The topological polar surface area (TPSA) is 41.6 Å². The molecule has 0 aromatic heterocycles. The van der Waals surface area contributed by atoms with Crippen LogP contribution in [0.3, 0.4) is 0 Å². The molecule has 0 spiro atoms. The minimum absolute atomic E-state index is 0.0565. The number of nitrogens with zero attached hydrogens (tertiary/aromatic N) is 1. The summed E-state index contributed by atoms with van der Waals surface area (Å²) in [6, 6.07) is 7.33. The van der Waals surface area contributed by atoms with E-state index in [0.29, 0.717) is 11.5 Å². The third kappa shape index (κ3) is 2.70. The lowest BCUT2D eigenvalue weighted by molar-refractivity contribution is -0.0455. The molecule has 4 heteroatoms. The van der Waals surface area contributed by atoms with Crippen molar-refractivity contribution in [2.75, 3.05) is 25.0 Å². The Morgan fingerprint density at radius 2 is 2.20 bits per heavy atom. The van der Waals surface area contributed by atoms with Crippen molar-refractivity contribution in [3.8, 4) is 0 Å². The zero-order valence-corrected chi connectivity index (χ0v) is 11.5. The van der Waals surface area contributed by atoms with Crippen molar-refractivity contribution in [3.05, 3.63) is 42.6 Å². The fraction of sp³-hybridized carbons (Fsp3) is 0.438. The van der Waals surface area contributed by atoms with Crippen LogP contribution in [-0.4, -0.2) is 36.6 Å². The fourth-order valence-corrected chi connectivity index (χ4v) is 3.10. The third-order valence-electron chi connectivity index (χ3n) is 4.22. The second kappa shape index (κ2) is 5.67. The van der Waals surface area contributed by atoms with Crippen LogP contribution in [0, 0.1) is 5.92 Å². The van der Waals surface area contributed by atoms with Gasteiger partial charge < -0.3 is 10.1 Å². The molecule has 1 unspecified atom stereocenters. The standard InChI is InChI=1S/C16H20N2O2/c1-2-17-14-5-3-4-13(10-14)16(19)20-15-11-18-8-6-12(15)7-9-18/h2-5,10,12,15,17H,1,6-9,11H2. The molecule has 4 rings (SSSR count). The molecule has 0 amide bonds. The molecule has 1 aromatic rings.